The largest absolute Gasteiger partial charge is 0.493 e. The van der Waals surface area contributed by atoms with Gasteiger partial charge in [-0.3, -0.25) is 4.79 Å². The number of benzene rings is 2. The zero-order chi connectivity index (χ0) is 19.1. The molecule has 0 unspecified atom stereocenters. The fourth-order valence-electron chi connectivity index (χ4n) is 2.48. The lowest BCUT2D eigenvalue weighted by atomic mass is 10.1. The van der Waals surface area contributed by atoms with Crippen molar-refractivity contribution in [2.45, 2.75) is 6.54 Å². The third-order valence-corrected chi connectivity index (χ3v) is 4.03. The van der Waals surface area contributed by atoms with Crippen molar-refractivity contribution in [2.75, 3.05) is 28.4 Å². The summed E-state index contributed by atoms with van der Waals surface area (Å²) < 4.78 is 15.9. The Kier molecular flexibility index (Phi) is 6.92. The van der Waals surface area contributed by atoms with Gasteiger partial charge < -0.3 is 19.1 Å². The number of carbonyl (C=O) groups is 1. The van der Waals surface area contributed by atoms with Gasteiger partial charge >= 0.3 is 0 Å². The van der Waals surface area contributed by atoms with Gasteiger partial charge in [-0.1, -0.05) is 23.7 Å². The highest BCUT2D eigenvalue weighted by Crippen LogP contribution is 2.38. The van der Waals surface area contributed by atoms with Gasteiger partial charge in [0, 0.05) is 24.7 Å². The summed E-state index contributed by atoms with van der Waals surface area (Å²) in [5, 5.41) is 0.649. The van der Waals surface area contributed by atoms with Crippen LogP contribution in [-0.4, -0.2) is 39.2 Å². The Balaban J connectivity index is 2.14. The molecule has 0 bridgehead atoms. The van der Waals surface area contributed by atoms with E-state index in [1.54, 1.807) is 57.6 Å². The Labute approximate surface area is 158 Å². The molecule has 0 aliphatic carbocycles. The first-order valence-corrected chi connectivity index (χ1v) is 8.34. The Bertz CT molecular complexity index is 779. The topological polar surface area (TPSA) is 48.0 Å². The third kappa shape index (κ3) is 4.92. The van der Waals surface area contributed by atoms with Crippen molar-refractivity contribution >= 4 is 23.6 Å². The maximum absolute atomic E-state index is 12.4. The highest BCUT2D eigenvalue weighted by atomic mass is 35.5. The fraction of sp³-hybridized carbons (Fsp3) is 0.250. The molecule has 0 spiro atoms. The van der Waals surface area contributed by atoms with Crippen molar-refractivity contribution in [2.24, 2.45) is 0 Å². The number of halogens is 1. The molecule has 0 saturated carbocycles. The molecule has 0 aliphatic heterocycles. The average Bonchev–Trinajstić information content (AvgIpc) is 2.64. The van der Waals surface area contributed by atoms with E-state index in [2.05, 4.69) is 0 Å². The second kappa shape index (κ2) is 9.15. The van der Waals surface area contributed by atoms with Crippen LogP contribution in [0.4, 0.5) is 0 Å². The maximum Gasteiger partial charge on any atom is 0.246 e. The molecule has 0 atom stereocenters. The molecule has 0 aliphatic rings. The van der Waals surface area contributed by atoms with Gasteiger partial charge in [0.1, 0.15) is 0 Å². The van der Waals surface area contributed by atoms with Crippen molar-refractivity contribution in [3.05, 3.63) is 58.6 Å². The normalized spacial score (nSPS) is 10.7. The van der Waals surface area contributed by atoms with Crippen LogP contribution in [0.25, 0.3) is 6.08 Å². The third-order valence-electron chi connectivity index (χ3n) is 3.79. The van der Waals surface area contributed by atoms with Crippen LogP contribution in [0, 0.1) is 0 Å². The summed E-state index contributed by atoms with van der Waals surface area (Å²) in [5.74, 6) is 1.45. The number of ether oxygens (including phenoxy) is 3. The first kappa shape index (κ1) is 19.7. The van der Waals surface area contributed by atoms with Crippen LogP contribution >= 0.6 is 11.6 Å². The van der Waals surface area contributed by atoms with E-state index in [1.807, 2.05) is 18.2 Å². The van der Waals surface area contributed by atoms with Crippen LogP contribution in [0.1, 0.15) is 11.1 Å². The first-order valence-electron chi connectivity index (χ1n) is 7.96. The van der Waals surface area contributed by atoms with E-state index in [1.165, 1.54) is 6.08 Å². The van der Waals surface area contributed by atoms with Gasteiger partial charge in [-0.2, -0.15) is 0 Å². The molecule has 2 aromatic rings. The summed E-state index contributed by atoms with van der Waals surface area (Å²) in [7, 11) is 6.39. The van der Waals surface area contributed by atoms with Crippen LogP contribution in [0.15, 0.2) is 42.5 Å². The van der Waals surface area contributed by atoms with Gasteiger partial charge in [0.25, 0.3) is 0 Å². The van der Waals surface area contributed by atoms with E-state index >= 15 is 0 Å². The molecule has 0 radical (unpaired) electrons. The summed E-state index contributed by atoms with van der Waals surface area (Å²) in [6, 6.07) is 11.0. The van der Waals surface area contributed by atoms with Crippen LogP contribution < -0.4 is 14.2 Å². The Morgan fingerprint density at radius 1 is 1.08 bits per heavy atom. The van der Waals surface area contributed by atoms with Gasteiger partial charge in [0.05, 0.1) is 21.3 Å². The number of amides is 1. The molecule has 0 N–H and O–H groups in total. The van der Waals surface area contributed by atoms with Crippen molar-refractivity contribution in [3.8, 4) is 17.2 Å². The molecule has 0 heterocycles. The summed E-state index contributed by atoms with van der Waals surface area (Å²) in [5.41, 5.74) is 1.73. The molecular weight excluding hydrogens is 354 g/mol. The lowest BCUT2D eigenvalue weighted by molar-refractivity contribution is -0.125. The molecule has 6 heteroatoms. The molecule has 2 aromatic carbocycles. The van der Waals surface area contributed by atoms with Gasteiger partial charge in [-0.15, -0.1) is 0 Å². The number of rotatable bonds is 7. The number of hydrogen-bond acceptors (Lipinski definition) is 4. The minimum Gasteiger partial charge on any atom is -0.493 e. The van der Waals surface area contributed by atoms with E-state index in [4.69, 9.17) is 25.8 Å². The summed E-state index contributed by atoms with van der Waals surface area (Å²) in [6.45, 7) is 0.471. The van der Waals surface area contributed by atoms with Crippen molar-refractivity contribution in [3.63, 3.8) is 0 Å². The van der Waals surface area contributed by atoms with Crippen LogP contribution in [0.3, 0.4) is 0 Å². The van der Waals surface area contributed by atoms with Crippen molar-refractivity contribution < 1.29 is 19.0 Å². The second-order valence-corrected chi connectivity index (χ2v) is 6.05. The number of hydrogen-bond donors (Lipinski definition) is 0. The lowest BCUT2D eigenvalue weighted by Crippen LogP contribution is -2.24. The van der Waals surface area contributed by atoms with Crippen LogP contribution in [0.5, 0.6) is 17.2 Å². The Morgan fingerprint density at radius 2 is 1.73 bits per heavy atom. The van der Waals surface area contributed by atoms with E-state index < -0.39 is 0 Å². The Hall–Kier alpha value is -2.66. The number of likely N-dealkylation sites (N-methyl/N-ethyl adjacent to an activating group) is 1. The summed E-state index contributed by atoms with van der Waals surface area (Å²) in [6.07, 6.45) is 3.21. The standard InChI is InChI=1S/C20H22ClNO4/c1-22(13-15-6-5-7-16(21)10-15)19(23)9-8-14-11-17(24-2)20(26-4)18(12-14)25-3/h5-12H,13H2,1-4H3/b9-8+. The molecule has 0 aromatic heterocycles. The summed E-state index contributed by atoms with van der Waals surface area (Å²) in [4.78, 5) is 14.0. The minimum atomic E-state index is -0.126. The highest BCUT2D eigenvalue weighted by molar-refractivity contribution is 6.30. The van der Waals surface area contributed by atoms with Gasteiger partial charge in [-0.05, 0) is 41.5 Å². The average molecular weight is 376 g/mol. The lowest BCUT2D eigenvalue weighted by Gasteiger charge is -2.15. The number of carbonyl (C=O) groups excluding carboxylic acids is 1. The van der Waals surface area contributed by atoms with Gasteiger partial charge in [0.15, 0.2) is 11.5 Å². The van der Waals surface area contributed by atoms with E-state index in [9.17, 15) is 4.79 Å². The van der Waals surface area contributed by atoms with E-state index in [-0.39, 0.29) is 5.91 Å². The molecule has 26 heavy (non-hydrogen) atoms. The highest BCUT2D eigenvalue weighted by Gasteiger charge is 2.12. The molecule has 2 rings (SSSR count). The zero-order valence-corrected chi connectivity index (χ0v) is 16.0. The van der Waals surface area contributed by atoms with Crippen LogP contribution in [0.2, 0.25) is 5.02 Å². The van der Waals surface area contributed by atoms with Crippen LogP contribution in [-0.2, 0) is 11.3 Å². The zero-order valence-electron chi connectivity index (χ0n) is 15.3. The van der Waals surface area contributed by atoms with Gasteiger partial charge in [-0.25, -0.2) is 0 Å². The molecular formula is C20H22ClNO4. The fourth-order valence-corrected chi connectivity index (χ4v) is 2.69. The molecule has 0 fully saturated rings. The Morgan fingerprint density at radius 3 is 2.27 bits per heavy atom. The van der Waals surface area contributed by atoms with Gasteiger partial charge in [0.2, 0.25) is 11.7 Å². The van der Waals surface area contributed by atoms with E-state index in [0.29, 0.717) is 28.8 Å². The minimum absolute atomic E-state index is 0.126. The first-order chi connectivity index (χ1) is 12.5. The molecule has 1 amide bonds. The predicted molar refractivity (Wildman–Crippen MR) is 103 cm³/mol. The molecule has 138 valence electrons. The predicted octanol–water partition coefficient (Wildman–Crippen LogP) is 4.04. The number of nitrogens with zero attached hydrogens (tertiary/aromatic N) is 1. The second-order valence-electron chi connectivity index (χ2n) is 5.62. The maximum atomic E-state index is 12.4. The molecule has 0 saturated heterocycles. The molecule has 5 nitrogen and oxygen atoms in total. The van der Waals surface area contributed by atoms with Crippen molar-refractivity contribution in [1.29, 1.82) is 0 Å². The van der Waals surface area contributed by atoms with E-state index in [0.717, 1.165) is 11.1 Å². The quantitative estimate of drug-likeness (QED) is 0.685. The summed E-state index contributed by atoms with van der Waals surface area (Å²) >= 11 is 5.98. The SMILES string of the molecule is COc1cc(/C=C/C(=O)N(C)Cc2cccc(Cl)c2)cc(OC)c1OC. The van der Waals surface area contributed by atoms with Crippen molar-refractivity contribution in [1.82, 2.24) is 4.90 Å². The monoisotopic (exact) mass is 375 g/mol. The number of methoxy groups -OCH3 is 3. The smallest absolute Gasteiger partial charge is 0.246 e.